The average molecular weight is 801 g/mol. The molecule has 0 radical (unpaired) electrons. The van der Waals surface area contributed by atoms with E-state index in [2.05, 4.69) is 30.7 Å². The van der Waals surface area contributed by atoms with Gasteiger partial charge in [0.05, 0.1) is 11.7 Å². The van der Waals surface area contributed by atoms with Crippen molar-refractivity contribution in [3.8, 4) is 0 Å². The van der Waals surface area contributed by atoms with Crippen LogP contribution in [-0.2, 0) is 37.1 Å². The number of carboxylic acids is 2. The zero-order chi connectivity index (χ0) is 39.7. The lowest BCUT2D eigenvalue weighted by atomic mass is 10.0. The van der Waals surface area contributed by atoms with Gasteiger partial charge in [0.15, 0.2) is 29.8 Å². The van der Waals surface area contributed by atoms with Crippen LogP contribution in [0.3, 0.4) is 0 Å². The van der Waals surface area contributed by atoms with E-state index < -0.39 is 46.5 Å². The summed E-state index contributed by atoms with van der Waals surface area (Å²) in [7, 11) is 0. The Hall–Kier alpha value is -5.79. The highest BCUT2D eigenvalue weighted by molar-refractivity contribution is 8.00. The van der Waals surface area contributed by atoms with Crippen LogP contribution in [0.15, 0.2) is 76.8 Å². The van der Waals surface area contributed by atoms with E-state index in [1.165, 1.54) is 31.0 Å². The molecule has 3 aliphatic rings. The first-order valence-corrected chi connectivity index (χ1v) is 19.7. The zero-order valence-corrected chi connectivity index (χ0v) is 32.1. The monoisotopic (exact) mass is 800 g/mol. The number of carbonyl (C=O) groups is 4. The molecule has 1 unspecified atom stereocenters. The number of thiazole rings is 1. The molecule has 3 atom stereocenters. The van der Waals surface area contributed by atoms with Crippen molar-refractivity contribution >= 4 is 74.4 Å². The molecule has 19 heteroatoms. The number of rotatable bonds is 13. The van der Waals surface area contributed by atoms with Crippen molar-refractivity contribution in [1.82, 2.24) is 30.4 Å². The fraction of sp³-hybridized carbons (Fsp3) is 0.351. The first-order chi connectivity index (χ1) is 26.8. The summed E-state index contributed by atoms with van der Waals surface area (Å²) < 4.78 is 3.95. The van der Waals surface area contributed by atoms with Gasteiger partial charge in [0, 0.05) is 59.1 Å². The average Bonchev–Trinajstić information content (AvgIpc) is 3.79. The van der Waals surface area contributed by atoms with Crippen molar-refractivity contribution < 1.29 is 38.8 Å². The lowest BCUT2D eigenvalue weighted by molar-refractivity contribution is -0.687. The number of nitrogen functional groups attached to an aromatic ring is 1. The van der Waals surface area contributed by atoms with Gasteiger partial charge in [0.2, 0.25) is 5.60 Å². The standard InChI is InChI=1S/C37H40N10O7S2/c1-37(2,35(52)53)54-44-27(25-19-56-36(39)42-25)31(48)43-28-32(49)47-29(34(50)51)23(18-55-33(28)47)16-45-12-9-21-10-13-46(26(21)17-45)15-20-5-7-22(8-6-20)30(38)41-24-4-3-11-40-14-24/h5-10,12-13,17,19,24,28,33,40H,3-4,11,14-16,18H2,1-2H3,(H6-,38,39,41,42,43,48,50,51,52,53)/b44-27-/t24?,28-,33-/m1/s1. The number of hydrogen-bond donors (Lipinski definition) is 6. The SMILES string of the molecule is CC(C)(O/N=C(\C(=O)N[C@@H]1C(=O)N2C(C(=O)[O-])=C(C[n+]3ccc4ccn(Cc5ccc(C(=N)NC6CCCNC6)cc5)c4c3)CS[C@H]12)c1csc(N)n1)C(=O)O. The number of piperidine rings is 1. The van der Waals surface area contributed by atoms with Crippen LogP contribution >= 0.6 is 23.1 Å². The van der Waals surface area contributed by atoms with E-state index in [9.17, 15) is 29.4 Å². The molecule has 2 saturated heterocycles. The van der Waals surface area contributed by atoms with E-state index in [-0.39, 0.29) is 34.9 Å². The number of thioether (sulfide) groups is 1. The summed E-state index contributed by atoms with van der Waals surface area (Å²) >= 11 is 2.31. The van der Waals surface area contributed by atoms with Crippen LogP contribution in [-0.4, -0.2) is 96.8 Å². The number of amidine groups is 1. The van der Waals surface area contributed by atoms with Gasteiger partial charge in [-0.15, -0.1) is 23.1 Å². The number of amides is 2. The number of anilines is 1. The maximum absolute atomic E-state index is 13.5. The fourth-order valence-electron chi connectivity index (χ4n) is 6.66. The number of aromatic nitrogens is 3. The van der Waals surface area contributed by atoms with Crippen molar-refractivity contribution in [3.05, 3.63) is 88.5 Å². The van der Waals surface area contributed by atoms with Crippen LogP contribution in [0, 0.1) is 5.41 Å². The first kappa shape index (κ1) is 38.5. The van der Waals surface area contributed by atoms with E-state index in [0.29, 0.717) is 18.0 Å². The number of nitrogens with zero attached hydrogens (tertiary/aromatic N) is 5. The lowest BCUT2D eigenvalue weighted by Crippen LogP contribution is -2.71. The summed E-state index contributed by atoms with van der Waals surface area (Å²) in [5.41, 5.74) is 6.58. The minimum atomic E-state index is -1.78. The van der Waals surface area contributed by atoms with Crippen LogP contribution in [0.1, 0.15) is 43.5 Å². The van der Waals surface area contributed by atoms with Crippen LogP contribution in [0.2, 0.25) is 0 Å². The fourth-order valence-corrected chi connectivity index (χ4v) is 8.55. The van der Waals surface area contributed by atoms with Gasteiger partial charge >= 0.3 is 5.97 Å². The smallest absolute Gasteiger partial charge is 0.350 e. The molecular weight excluding hydrogens is 761 g/mol. The largest absolute Gasteiger partial charge is 0.543 e. The quantitative estimate of drug-likeness (QED) is 0.0353. The number of hydrogen-bond acceptors (Lipinski definition) is 13. The maximum atomic E-state index is 13.5. The highest BCUT2D eigenvalue weighted by Crippen LogP contribution is 2.40. The van der Waals surface area contributed by atoms with Gasteiger partial charge in [-0.25, -0.2) is 9.78 Å². The second-order valence-electron chi connectivity index (χ2n) is 14.2. The number of carboxylic acid groups (broad SMARTS) is 2. The van der Waals surface area contributed by atoms with Gasteiger partial charge in [-0.1, -0.05) is 29.4 Å². The molecule has 3 aromatic heterocycles. The molecule has 0 bridgehead atoms. The predicted molar refractivity (Wildman–Crippen MR) is 206 cm³/mol. The van der Waals surface area contributed by atoms with Crippen molar-refractivity contribution in [2.75, 3.05) is 24.6 Å². The van der Waals surface area contributed by atoms with Crippen molar-refractivity contribution in [3.63, 3.8) is 0 Å². The van der Waals surface area contributed by atoms with Crippen LogP contribution in [0.4, 0.5) is 5.13 Å². The summed E-state index contributed by atoms with van der Waals surface area (Å²) in [6.07, 6.45) is 7.89. The van der Waals surface area contributed by atoms with Crippen molar-refractivity contribution in [2.24, 2.45) is 5.16 Å². The lowest BCUT2D eigenvalue weighted by Gasteiger charge is -2.50. The first-order valence-electron chi connectivity index (χ1n) is 17.8. The van der Waals surface area contributed by atoms with E-state index >= 15 is 0 Å². The Balaban J connectivity index is 1.04. The Morgan fingerprint density at radius 2 is 2.00 bits per heavy atom. The predicted octanol–water partition coefficient (Wildman–Crippen LogP) is 0.371. The molecule has 0 aliphatic carbocycles. The number of benzene rings is 1. The number of aliphatic carboxylic acids is 2. The third-order valence-electron chi connectivity index (χ3n) is 9.77. The summed E-state index contributed by atoms with van der Waals surface area (Å²) in [4.78, 5) is 61.4. The molecule has 7 N–H and O–H groups in total. The van der Waals surface area contributed by atoms with Gasteiger partial charge < -0.3 is 46.1 Å². The number of nitrogens with one attached hydrogen (secondary N) is 4. The third-order valence-corrected chi connectivity index (χ3v) is 11.8. The minimum Gasteiger partial charge on any atom is -0.543 e. The second-order valence-corrected chi connectivity index (χ2v) is 16.2. The van der Waals surface area contributed by atoms with Crippen LogP contribution < -0.4 is 31.4 Å². The van der Waals surface area contributed by atoms with E-state index in [0.717, 1.165) is 64.2 Å². The Bertz CT molecular complexity index is 2280. The Labute approximate surface area is 329 Å². The zero-order valence-electron chi connectivity index (χ0n) is 30.5. The number of oxime groups is 1. The van der Waals surface area contributed by atoms with Gasteiger partial charge in [0.1, 0.15) is 28.5 Å². The molecule has 0 saturated carbocycles. The van der Waals surface area contributed by atoms with E-state index in [4.69, 9.17) is 16.0 Å². The summed E-state index contributed by atoms with van der Waals surface area (Å²) in [6.45, 7) is 5.10. The number of β-lactam (4-membered cyclic amide) rings is 1. The topological polar surface area (TPSA) is 244 Å². The number of nitrogens with two attached hydrogens (primary N) is 1. The van der Waals surface area contributed by atoms with E-state index in [1.54, 1.807) is 0 Å². The highest BCUT2D eigenvalue weighted by atomic mass is 32.2. The molecule has 2 amide bonds. The number of fused-ring (bicyclic) bond motifs is 2. The summed E-state index contributed by atoms with van der Waals surface area (Å²) in [5.74, 6) is -3.74. The van der Waals surface area contributed by atoms with E-state index in [1.807, 2.05) is 59.6 Å². The normalized spacial score (nSPS) is 20.0. The van der Waals surface area contributed by atoms with Gasteiger partial charge in [-0.2, -0.15) is 4.57 Å². The van der Waals surface area contributed by atoms with Crippen LogP contribution in [0.25, 0.3) is 10.9 Å². The Kier molecular flexibility index (Phi) is 10.8. The third kappa shape index (κ3) is 7.96. The van der Waals surface area contributed by atoms with Crippen molar-refractivity contribution in [1.29, 1.82) is 5.41 Å². The molecule has 1 aromatic carbocycles. The molecule has 292 valence electrons. The molecular formula is C37H40N10O7S2. The van der Waals surface area contributed by atoms with Crippen LogP contribution in [0.5, 0.6) is 0 Å². The molecule has 17 nitrogen and oxygen atoms in total. The maximum Gasteiger partial charge on any atom is 0.350 e. The second kappa shape index (κ2) is 15.8. The molecule has 3 aliphatic heterocycles. The Morgan fingerprint density at radius 1 is 1.21 bits per heavy atom. The van der Waals surface area contributed by atoms with Gasteiger partial charge in [-0.05, 0) is 44.9 Å². The molecule has 2 fully saturated rings. The highest BCUT2D eigenvalue weighted by Gasteiger charge is 2.53. The molecule has 56 heavy (non-hydrogen) atoms. The summed E-state index contributed by atoms with van der Waals surface area (Å²) in [5, 5.41) is 45.3. The molecule has 6 heterocycles. The molecule has 4 aromatic rings. The van der Waals surface area contributed by atoms with Gasteiger partial charge in [-0.3, -0.25) is 19.9 Å². The summed E-state index contributed by atoms with van der Waals surface area (Å²) in [6, 6.07) is 11.0. The minimum absolute atomic E-state index is 0.0129. The molecule has 7 rings (SSSR count). The Morgan fingerprint density at radius 3 is 2.68 bits per heavy atom. The van der Waals surface area contributed by atoms with Crippen molar-refractivity contribution in [2.45, 2.75) is 62.8 Å². The molecule has 0 spiro atoms. The van der Waals surface area contributed by atoms with Gasteiger partial charge in [0.25, 0.3) is 11.8 Å². The number of pyridine rings is 1. The number of carbonyl (C=O) groups excluding carboxylic acids is 3.